The maximum Gasteiger partial charge on any atom is 0.332 e. The van der Waals surface area contributed by atoms with Gasteiger partial charge < -0.3 is 4.74 Å². The van der Waals surface area contributed by atoms with Crippen LogP contribution in [0.15, 0.2) is 33.9 Å². The molecule has 0 spiro atoms. The summed E-state index contributed by atoms with van der Waals surface area (Å²) in [5.41, 5.74) is -0.0990. The van der Waals surface area contributed by atoms with Crippen LogP contribution in [0.1, 0.15) is 83.6 Å². The highest BCUT2D eigenvalue weighted by molar-refractivity contribution is 5.80. The number of hydrogen-bond acceptors (Lipinski definition) is 5. The van der Waals surface area contributed by atoms with E-state index in [0.717, 1.165) is 37.5 Å². The normalized spacial score (nSPS) is 32.4. The van der Waals surface area contributed by atoms with Crippen LogP contribution < -0.4 is 11.2 Å². The van der Waals surface area contributed by atoms with Crippen LogP contribution in [0.2, 0.25) is 0 Å². The second kappa shape index (κ2) is 9.81. The number of rotatable bonds is 5. The highest BCUT2D eigenvalue weighted by Crippen LogP contribution is 2.47. The van der Waals surface area contributed by atoms with Crippen molar-refractivity contribution in [2.75, 3.05) is 6.61 Å². The monoisotopic (exact) mass is 493 g/mol. The van der Waals surface area contributed by atoms with Crippen LogP contribution in [0, 0.1) is 11.8 Å². The van der Waals surface area contributed by atoms with Gasteiger partial charge in [0.25, 0.3) is 5.56 Å². The van der Waals surface area contributed by atoms with E-state index in [2.05, 4.69) is 4.90 Å². The van der Waals surface area contributed by atoms with Gasteiger partial charge in [0, 0.05) is 24.2 Å². The lowest BCUT2D eigenvalue weighted by Gasteiger charge is -2.55. The summed E-state index contributed by atoms with van der Waals surface area (Å²) in [5, 5.41) is 0.495. The first-order chi connectivity index (χ1) is 17.5. The van der Waals surface area contributed by atoms with Gasteiger partial charge in [-0.15, -0.1) is 0 Å². The van der Waals surface area contributed by atoms with Crippen LogP contribution in [0.3, 0.4) is 0 Å². The van der Waals surface area contributed by atoms with Crippen molar-refractivity contribution >= 4 is 16.9 Å². The van der Waals surface area contributed by atoms with E-state index in [4.69, 9.17) is 4.74 Å². The largest absolute Gasteiger partial charge is 0.465 e. The molecule has 4 aliphatic rings. The van der Waals surface area contributed by atoms with Crippen molar-refractivity contribution in [3.63, 3.8) is 0 Å². The van der Waals surface area contributed by atoms with Crippen molar-refractivity contribution in [1.82, 2.24) is 14.0 Å². The van der Waals surface area contributed by atoms with Crippen molar-refractivity contribution in [3.05, 3.63) is 45.1 Å². The summed E-state index contributed by atoms with van der Waals surface area (Å²) in [5.74, 6) is 1.32. The van der Waals surface area contributed by atoms with E-state index in [0.29, 0.717) is 29.0 Å². The number of aromatic nitrogens is 2. The number of benzene rings is 1. The molecule has 6 rings (SSSR count). The molecule has 2 saturated carbocycles. The van der Waals surface area contributed by atoms with Crippen molar-refractivity contribution < 1.29 is 9.53 Å². The van der Waals surface area contributed by atoms with Gasteiger partial charge in [-0.05, 0) is 75.8 Å². The summed E-state index contributed by atoms with van der Waals surface area (Å²) in [6.45, 7) is 1.84. The highest BCUT2D eigenvalue weighted by Gasteiger charge is 2.45. The summed E-state index contributed by atoms with van der Waals surface area (Å²) in [6.07, 6.45) is 13.5. The first-order valence-corrected chi connectivity index (χ1v) is 14.2. The van der Waals surface area contributed by atoms with Crippen LogP contribution in [-0.2, 0) is 16.1 Å². The van der Waals surface area contributed by atoms with Gasteiger partial charge in [0.05, 0.1) is 17.5 Å². The number of ether oxygens (including phenoxy) is 1. The quantitative estimate of drug-likeness (QED) is 0.582. The molecular formula is C29H39N3O4. The van der Waals surface area contributed by atoms with Gasteiger partial charge in [0.1, 0.15) is 6.54 Å². The second-order valence-corrected chi connectivity index (χ2v) is 11.7. The van der Waals surface area contributed by atoms with E-state index in [-0.39, 0.29) is 30.4 Å². The average Bonchev–Trinajstić information content (AvgIpc) is 2.86. The minimum atomic E-state index is -0.454. The molecule has 2 aromatic rings. The first kappa shape index (κ1) is 24.0. The Morgan fingerprint density at radius 3 is 2.22 bits per heavy atom. The van der Waals surface area contributed by atoms with Crippen LogP contribution in [0.25, 0.3) is 10.9 Å². The molecule has 6 atom stereocenters. The molecule has 1 aromatic carbocycles. The van der Waals surface area contributed by atoms with Crippen molar-refractivity contribution in [2.24, 2.45) is 11.8 Å². The molecule has 36 heavy (non-hydrogen) atoms. The Kier molecular flexibility index (Phi) is 6.53. The molecule has 194 valence electrons. The van der Waals surface area contributed by atoms with Crippen molar-refractivity contribution in [1.29, 1.82) is 0 Å². The zero-order chi connectivity index (χ0) is 24.8. The number of piperidine rings is 2. The lowest BCUT2D eigenvalue weighted by molar-refractivity contribution is -0.143. The summed E-state index contributed by atoms with van der Waals surface area (Å²) < 4.78 is 8.08. The molecule has 2 aliphatic carbocycles. The molecule has 4 fully saturated rings. The Morgan fingerprint density at radius 2 is 1.53 bits per heavy atom. The Balaban J connectivity index is 1.34. The van der Waals surface area contributed by atoms with Crippen LogP contribution in [0.4, 0.5) is 0 Å². The molecule has 3 heterocycles. The summed E-state index contributed by atoms with van der Waals surface area (Å²) in [6, 6.07) is 8.55. The van der Waals surface area contributed by atoms with Crippen LogP contribution in [0.5, 0.6) is 0 Å². The third-order valence-corrected chi connectivity index (χ3v) is 9.57. The number of para-hydroxylation sites is 1. The number of carbonyl (C=O) groups is 1. The standard InChI is InChI=1S/C29H39N3O4/c1-2-36-27(33)18-30-26-12-4-3-11-25(26)28(34)32(29(30)35)24-16-21-9-6-10-22(17-24)31(21)23-14-19-7-5-8-20(13-19)15-23/h3-4,11-12,19-24H,2,5-10,13-18H2,1H3/t19-,20+,21-,22+,23+,24+. The predicted octanol–water partition coefficient (Wildman–Crippen LogP) is 4.25. The van der Waals surface area contributed by atoms with E-state index < -0.39 is 5.97 Å². The fourth-order valence-corrected chi connectivity index (χ4v) is 8.29. The van der Waals surface area contributed by atoms with Gasteiger partial charge in [-0.2, -0.15) is 0 Å². The van der Waals surface area contributed by atoms with E-state index in [1.807, 2.05) is 6.07 Å². The van der Waals surface area contributed by atoms with Gasteiger partial charge in [0.2, 0.25) is 0 Å². The molecule has 0 radical (unpaired) electrons. The maximum atomic E-state index is 13.8. The molecule has 7 heteroatoms. The molecule has 0 N–H and O–H groups in total. The second-order valence-electron chi connectivity index (χ2n) is 11.7. The van der Waals surface area contributed by atoms with Gasteiger partial charge in [-0.25, -0.2) is 4.79 Å². The number of nitrogens with zero attached hydrogens (tertiary/aromatic N) is 3. The third kappa shape index (κ3) is 4.23. The Bertz CT molecular complexity index is 1220. The first-order valence-electron chi connectivity index (χ1n) is 14.2. The molecule has 1 aromatic heterocycles. The van der Waals surface area contributed by atoms with Gasteiger partial charge in [0.15, 0.2) is 0 Å². The van der Waals surface area contributed by atoms with E-state index in [1.165, 1.54) is 54.1 Å². The average molecular weight is 494 g/mol. The number of esters is 1. The van der Waals surface area contributed by atoms with Crippen LogP contribution in [-0.4, -0.2) is 44.7 Å². The van der Waals surface area contributed by atoms with Gasteiger partial charge >= 0.3 is 11.7 Å². The van der Waals surface area contributed by atoms with E-state index in [9.17, 15) is 14.4 Å². The minimum Gasteiger partial charge on any atom is -0.465 e. The summed E-state index contributed by atoms with van der Waals surface area (Å²) in [4.78, 5) is 42.7. The molecule has 4 bridgehead atoms. The molecule has 0 amide bonds. The number of fused-ring (bicyclic) bond motifs is 5. The highest BCUT2D eigenvalue weighted by atomic mass is 16.5. The lowest BCUT2D eigenvalue weighted by Crippen LogP contribution is -2.59. The Morgan fingerprint density at radius 1 is 0.861 bits per heavy atom. The van der Waals surface area contributed by atoms with Gasteiger partial charge in [-0.3, -0.25) is 23.6 Å². The van der Waals surface area contributed by atoms with E-state index >= 15 is 0 Å². The van der Waals surface area contributed by atoms with E-state index in [1.54, 1.807) is 25.1 Å². The number of hydrogen-bond donors (Lipinski definition) is 0. The zero-order valence-electron chi connectivity index (χ0n) is 21.4. The molecule has 0 unspecified atom stereocenters. The predicted molar refractivity (Wildman–Crippen MR) is 139 cm³/mol. The zero-order valence-corrected chi connectivity index (χ0v) is 21.4. The summed E-state index contributed by atoms with van der Waals surface area (Å²) in [7, 11) is 0. The number of carbonyl (C=O) groups excluding carboxylic acids is 1. The molecular weight excluding hydrogens is 454 g/mol. The topological polar surface area (TPSA) is 73.5 Å². The Labute approximate surface area is 212 Å². The maximum absolute atomic E-state index is 13.8. The van der Waals surface area contributed by atoms with Crippen LogP contribution >= 0.6 is 0 Å². The summed E-state index contributed by atoms with van der Waals surface area (Å²) >= 11 is 0. The smallest absolute Gasteiger partial charge is 0.332 e. The lowest BCUT2D eigenvalue weighted by atomic mass is 9.68. The fourth-order valence-electron chi connectivity index (χ4n) is 8.29. The molecule has 2 aliphatic heterocycles. The molecule has 2 saturated heterocycles. The van der Waals surface area contributed by atoms with Crippen molar-refractivity contribution in [2.45, 2.75) is 108 Å². The van der Waals surface area contributed by atoms with Crippen molar-refractivity contribution in [3.8, 4) is 0 Å². The Hall–Kier alpha value is -2.41. The molecule has 7 nitrogen and oxygen atoms in total. The van der Waals surface area contributed by atoms with Gasteiger partial charge in [-0.1, -0.05) is 37.8 Å². The SMILES string of the molecule is CCOC(=O)Cn1c(=O)n([C@H]2C[C@H]3CCC[C@@H](C2)N3[C@H]2C[C@@H]3CCC[C@@H](C3)C2)c(=O)c2ccccc21. The fraction of sp³-hybridized carbons (Fsp3) is 0.690. The third-order valence-electron chi connectivity index (χ3n) is 9.57. The minimum absolute atomic E-state index is 0.127.